The standard InChI is InChI=1S/C15H30N6/c1-13(2)9-21-14(17-12-18-21)10-19-5-7-20(8-6-19)15(3,4)11-16/h12-13H,5-11,16H2,1-4H3. The van der Waals surface area contributed by atoms with Crippen LogP contribution < -0.4 is 5.73 Å². The van der Waals surface area contributed by atoms with Crippen molar-refractivity contribution in [2.45, 2.75) is 46.3 Å². The molecule has 0 aliphatic carbocycles. The Balaban J connectivity index is 1.88. The number of hydrogen-bond donors (Lipinski definition) is 1. The third-order valence-corrected chi connectivity index (χ3v) is 4.33. The number of nitrogens with two attached hydrogens (primary N) is 1. The molecule has 1 saturated heterocycles. The first kappa shape index (κ1) is 16.4. The fraction of sp³-hybridized carbons (Fsp3) is 0.867. The van der Waals surface area contributed by atoms with Gasteiger partial charge < -0.3 is 5.73 Å². The van der Waals surface area contributed by atoms with E-state index >= 15 is 0 Å². The van der Waals surface area contributed by atoms with Gasteiger partial charge in [0.2, 0.25) is 0 Å². The maximum atomic E-state index is 5.87. The van der Waals surface area contributed by atoms with E-state index in [-0.39, 0.29) is 5.54 Å². The molecule has 0 aromatic carbocycles. The molecule has 1 aliphatic heterocycles. The zero-order chi connectivity index (χ0) is 15.5. The molecule has 1 aliphatic rings. The van der Waals surface area contributed by atoms with Gasteiger partial charge in [-0.15, -0.1) is 0 Å². The van der Waals surface area contributed by atoms with Crippen LogP contribution in [0.4, 0.5) is 0 Å². The Morgan fingerprint density at radius 1 is 1.24 bits per heavy atom. The predicted molar refractivity (Wildman–Crippen MR) is 84.8 cm³/mol. The number of hydrogen-bond acceptors (Lipinski definition) is 5. The average molecular weight is 294 g/mol. The number of piperazine rings is 1. The second-order valence-corrected chi connectivity index (χ2v) is 7.03. The molecular weight excluding hydrogens is 264 g/mol. The van der Waals surface area contributed by atoms with E-state index in [0.717, 1.165) is 45.1 Å². The summed E-state index contributed by atoms with van der Waals surface area (Å²) in [6.07, 6.45) is 1.67. The number of aromatic nitrogens is 3. The highest BCUT2D eigenvalue weighted by Gasteiger charge is 2.28. The highest BCUT2D eigenvalue weighted by molar-refractivity contribution is 4.90. The molecule has 1 aromatic heterocycles. The lowest BCUT2D eigenvalue weighted by Gasteiger charge is -2.43. The van der Waals surface area contributed by atoms with Gasteiger partial charge in [0.05, 0.1) is 6.54 Å². The summed E-state index contributed by atoms with van der Waals surface area (Å²) in [4.78, 5) is 9.37. The fourth-order valence-electron chi connectivity index (χ4n) is 2.75. The summed E-state index contributed by atoms with van der Waals surface area (Å²) in [6, 6.07) is 0. The lowest BCUT2D eigenvalue weighted by atomic mass is 10.0. The monoisotopic (exact) mass is 294 g/mol. The van der Waals surface area contributed by atoms with Crippen molar-refractivity contribution in [3.63, 3.8) is 0 Å². The first-order valence-electron chi connectivity index (χ1n) is 7.96. The number of rotatable bonds is 6. The van der Waals surface area contributed by atoms with Crippen molar-refractivity contribution >= 4 is 0 Å². The Morgan fingerprint density at radius 2 is 1.90 bits per heavy atom. The van der Waals surface area contributed by atoms with Crippen LogP contribution >= 0.6 is 0 Å². The Morgan fingerprint density at radius 3 is 2.48 bits per heavy atom. The third-order valence-electron chi connectivity index (χ3n) is 4.33. The second kappa shape index (κ2) is 6.85. The van der Waals surface area contributed by atoms with E-state index < -0.39 is 0 Å². The van der Waals surface area contributed by atoms with Crippen molar-refractivity contribution in [2.75, 3.05) is 32.7 Å². The molecule has 0 atom stereocenters. The first-order chi connectivity index (χ1) is 9.92. The third kappa shape index (κ3) is 4.25. The van der Waals surface area contributed by atoms with Crippen LogP contribution in [-0.4, -0.2) is 62.8 Å². The van der Waals surface area contributed by atoms with Crippen LogP contribution in [-0.2, 0) is 13.1 Å². The van der Waals surface area contributed by atoms with Crippen LogP contribution in [0.3, 0.4) is 0 Å². The molecule has 1 aromatic rings. The smallest absolute Gasteiger partial charge is 0.141 e. The lowest BCUT2D eigenvalue weighted by molar-refractivity contribution is 0.0521. The molecule has 0 saturated carbocycles. The molecule has 0 unspecified atom stereocenters. The highest BCUT2D eigenvalue weighted by atomic mass is 15.4. The van der Waals surface area contributed by atoms with Crippen molar-refractivity contribution in [2.24, 2.45) is 11.7 Å². The average Bonchev–Trinajstić information content (AvgIpc) is 2.86. The van der Waals surface area contributed by atoms with Crippen molar-refractivity contribution < 1.29 is 0 Å². The number of nitrogens with zero attached hydrogens (tertiary/aromatic N) is 5. The molecule has 2 N–H and O–H groups in total. The van der Waals surface area contributed by atoms with E-state index in [1.54, 1.807) is 6.33 Å². The van der Waals surface area contributed by atoms with Crippen molar-refractivity contribution in [1.82, 2.24) is 24.6 Å². The fourth-order valence-corrected chi connectivity index (χ4v) is 2.75. The van der Waals surface area contributed by atoms with Crippen LogP contribution in [0.25, 0.3) is 0 Å². The van der Waals surface area contributed by atoms with Gasteiger partial charge in [0.1, 0.15) is 12.2 Å². The quantitative estimate of drug-likeness (QED) is 0.840. The van der Waals surface area contributed by atoms with Gasteiger partial charge in [-0.2, -0.15) is 5.10 Å². The maximum absolute atomic E-state index is 5.87. The molecule has 21 heavy (non-hydrogen) atoms. The minimum Gasteiger partial charge on any atom is -0.329 e. The van der Waals surface area contributed by atoms with Crippen molar-refractivity contribution in [1.29, 1.82) is 0 Å². The van der Waals surface area contributed by atoms with Gasteiger partial charge >= 0.3 is 0 Å². The van der Waals surface area contributed by atoms with Crippen LogP contribution in [0.1, 0.15) is 33.5 Å². The van der Waals surface area contributed by atoms with Crippen LogP contribution in [0.5, 0.6) is 0 Å². The van der Waals surface area contributed by atoms with E-state index in [9.17, 15) is 0 Å². The Bertz CT molecular complexity index is 431. The topological polar surface area (TPSA) is 63.2 Å². The van der Waals surface area contributed by atoms with E-state index in [2.05, 4.69) is 47.6 Å². The minimum atomic E-state index is 0.101. The van der Waals surface area contributed by atoms with E-state index in [0.29, 0.717) is 12.5 Å². The van der Waals surface area contributed by atoms with E-state index in [1.807, 2.05) is 4.68 Å². The molecular formula is C15H30N6. The lowest BCUT2D eigenvalue weighted by Crippen LogP contribution is -2.57. The summed E-state index contributed by atoms with van der Waals surface area (Å²) in [6.45, 7) is 15.7. The summed E-state index contributed by atoms with van der Waals surface area (Å²) < 4.78 is 2.04. The highest BCUT2D eigenvalue weighted by Crippen LogP contribution is 2.16. The summed E-state index contributed by atoms with van der Waals surface area (Å²) in [5.41, 5.74) is 5.97. The molecule has 6 heteroatoms. The molecule has 0 spiro atoms. The van der Waals surface area contributed by atoms with Crippen LogP contribution in [0, 0.1) is 5.92 Å². The molecule has 0 radical (unpaired) electrons. The molecule has 0 amide bonds. The minimum absolute atomic E-state index is 0.101. The Hall–Kier alpha value is -0.980. The molecule has 2 rings (SSSR count). The second-order valence-electron chi connectivity index (χ2n) is 7.03. The summed E-state index contributed by atoms with van der Waals surface area (Å²) in [5.74, 6) is 1.67. The van der Waals surface area contributed by atoms with Gasteiger partial charge in [0, 0.05) is 44.8 Å². The summed E-state index contributed by atoms with van der Waals surface area (Å²) in [5, 5.41) is 4.34. The molecule has 120 valence electrons. The Labute approximate surface area is 128 Å². The van der Waals surface area contributed by atoms with Crippen LogP contribution in [0.15, 0.2) is 6.33 Å². The largest absolute Gasteiger partial charge is 0.329 e. The predicted octanol–water partition coefficient (Wildman–Crippen LogP) is 0.789. The normalized spacial score (nSPS) is 18.6. The van der Waals surface area contributed by atoms with E-state index in [1.165, 1.54) is 0 Å². The SMILES string of the molecule is CC(C)Cn1ncnc1CN1CCN(C(C)(C)CN)CC1. The summed E-state index contributed by atoms with van der Waals surface area (Å²) in [7, 11) is 0. The van der Waals surface area contributed by atoms with Crippen molar-refractivity contribution in [3.8, 4) is 0 Å². The molecule has 2 heterocycles. The van der Waals surface area contributed by atoms with Gasteiger partial charge in [0.15, 0.2) is 0 Å². The van der Waals surface area contributed by atoms with E-state index in [4.69, 9.17) is 5.73 Å². The summed E-state index contributed by atoms with van der Waals surface area (Å²) >= 11 is 0. The van der Waals surface area contributed by atoms with Gasteiger partial charge in [-0.05, 0) is 19.8 Å². The van der Waals surface area contributed by atoms with Crippen LogP contribution in [0.2, 0.25) is 0 Å². The van der Waals surface area contributed by atoms with Gasteiger partial charge in [0.25, 0.3) is 0 Å². The van der Waals surface area contributed by atoms with Gasteiger partial charge in [-0.25, -0.2) is 9.67 Å². The van der Waals surface area contributed by atoms with Gasteiger partial charge in [-0.3, -0.25) is 9.80 Å². The van der Waals surface area contributed by atoms with Crippen molar-refractivity contribution in [3.05, 3.63) is 12.2 Å². The zero-order valence-corrected chi connectivity index (χ0v) is 13.9. The first-order valence-corrected chi connectivity index (χ1v) is 7.96. The molecule has 0 bridgehead atoms. The zero-order valence-electron chi connectivity index (χ0n) is 13.9. The maximum Gasteiger partial charge on any atom is 0.141 e. The molecule has 1 fully saturated rings. The van der Waals surface area contributed by atoms with Gasteiger partial charge in [-0.1, -0.05) is 13.8 Å². The Kier molecular flexibility index (Phi) is 5.35. The molecule has 6 nitrogen and oxygen atoms in total.